The Bertz CT molecular complexity index is 824. The van der Waals surface area contributed by atoms with Crippen LogP contribution in [0.1, 0.15) is 0 Å². The molecule has 0 aliphatic carbocycles. The quantitative estimate of drug-likeness (QED) is 0.711. The lowest BCUT2D eigenvalue weighted by Gasteiger charge is -2.08. The van der Waals surface area contributed by atoms with Crippen LogP contribution >= 0.6 is 11.6 Å². The van der Waals surface area contributed by atoms with Crippen LogP contribution in [0.4, 0.5) is 0 Å². The first kappa shape index (κ1) is 11.8. The van der Waals surface area contributed by atoms with Crippen molar-refractivity contribution < 1.29 is 5.11 Å². The molecule has 2 N–H and O–H groups in total. The van der Waals surface area contributed by atoms with Crippen molar-refractivity contribution in [2.24, 2.45) is 0 Å². The second-order valence-electron chi connectivity index (χ2n) is 4.23. The third-order valence-electron chi connectivity index (χ3n) is 3.02. The molecule has 94 valence electrons. The molecule has 0 fully saturated rings. The highest BCUT2D eigenvalue weighted by atomic mass is 35.5. The Balaban J connectivity index is 2.37. The number of fused-ring (bicyclic) bond motifs is 1. The van der Waals surface area contributed by atoms with Crippen molar-refractivity contribution in [2.75, 3.05) is 0 Å². The number of pyridine rings is 1. The topological polar surface area (TPSA) is 53.1 Å². The molecule has 1 aromatic heterocycles. The van der Waals surface area contributed by atoms with E-state index in [1.54, 1.807) is 48.5 Å². The van der Waals surface area contributed by atoms with Crippen LogP contribution < -0.4 is 5.56 Å². The Morgan fingerprint density at radius 3 is 2.47 bits per heavy atom. The van der Waals surface area contributed by atoms with Gasteiger partial charge in [0.15, 0.2) is 0 Å². The fourth-order valence-electron chi connectivity index (χ4n) is 2.12. The summed E-state index contributed by atoms with van der Waals surface area (Å²) in [7, 11) is 0. The summed E-state index contributed by atoms with van der Waals surface area (Å²) in [5, 5.41) is 11.8. The number of aromatic amines is 1. The summed E-state index contributed by atoms with van der Waals surface area (Å²) in [6.45, 7) is 0. The fraction of sp³-hybridized carbons (Fsp3) is 0. The van der Waals surface area contributed by atoms with E-state index in [0.29, 0.717) is 27.1 Å². The minimum Gasteiger partial charge on any atom is -0.505 e. The Kier molecular flexibility index (Phi) is 2.76. The Labute approximate surface area is 114 Å². The second kappa shape index (κ2) is 4.44. The van der Waals surface area contributed by atoms with Crippen molar-refractivity contribution in [1.82, 2.24) is 4.98 Å². The van der Waals surface area contributed by atoms with E-state index < -0.39 is 0 Å². The summed E-state index contributed by atoms with van der Waals surface area (Å²) in [5.41, 5.74) is 0.822. The number of hydrogen-bond donors (Lipinski definition) is 2. The molecule has 3 aromatic rings. The largest absolute Gasteiger partial charge is 0.505 e. The first-order valence-electron chi connectivity index (χ1n) is 5.77. The maximum atomic E-state index is 12.0. The molecule has 0 amide bonds. The number of rotatable bonds is 1. The summed E-state index contributed by atoms with van der Waals surface area (Å²) < 4.78 is 0. The minimum atomic E-state index is -0.233. The lowest BCUT2D eigenvalue weighted by Crippen LogP contribution is -2.07. The molecule has 2 aromatic carbocycles. The maximum Gasteiger partial charge on any atom is 0.256 e. The number of hydrogen-bond acceptors (Lipinski definition) is 2. The SMILES string of the molecule is O=c1[nH]c(-c2cccc(Cl)c2)c(O)c2ccccc12. The van der Waals surface area contributed by atoms with Crippen molar-refractivity contribution in [2.45, 2.75) is 0 Å². The summed E-state index contributed by atoms with van der Waals surface area (Å²) in [4.78, 5) is 14.7. The van der Waals surface area contributed by atoms with E-state index in [-0.39, 0.29) is 11.3 Å². The predicted octanol–water partition coefficient (Wildman–Crippen LogP) is 3.55. The standard InChI is InChI=1S/C15H10ClNO2/c16-10-5-3-4-9(8-10)13-14(18)11-6-1-2-7-12(11)15(19)17-13/h1-8,18H,(H,17,19). The van der Waals surface area contributed by atoms with Gasteiger partial charge in [-0.25, -0.2) is 0 Å². The highest BCUT2D eigenvalue weighted by Crippen LogP contribution is 2.32. The summed E-state index contributed by atoms with van der Waals surface area (Å²) in [5.74, 6) is 0.0532. The molecular weight excluding hydrogens is 262 g/mol. The third-order valence-corrected chi connectivity index (χ3v) is 3.25. The number of nitrogens with one attached hydrogen (secondary N) is 1. The van der Waals surface area contributed by atoms with Crippen LogP contribution in [0.5, 0.6) is 5.75 Å². The van der Waals surface area contributed by atoms with Crippen molar-refractivity contribution in [3.8, 4) is 17.0 Å². The molecule has 19 heavy (non-hydrogen) atoms. The maximum absolute atomic E-state index is 12.0. The molecule has 3 rings (SSSR count). The molecule has 0 saturated carbocycles. The summed E-state index contributed by atoms with van der Waals surface area (Å²) in [6, 6.07) is 13.9. The van der Waals surface area contributed by atoms with Gasteiger partial charge < -0.3 is 10.1 Å². The predicted molar refractivity (Wildman–Crippen MR) is 76.7 cm³/mol. The van der Waals surface area contributed by atoms with Gasteiger partial charge >= 0.3 is 0 Å². The zero-order valence-corrected chi connectivity index (χ0v) is 10.6. The minimum absolute atomic E-state index is 0.0532. The first-order valence-corrected chi connectivity index (χ1v) is 6.14. The van der Waals surface area contributed by atoms with Crippen LogP contribution in [0.15, 0.2) is 53.3 Å². The molecule has 4 heteroatoms. The van der Waals surface area contributed by atoms with Crippen molar-refractivity contribution in [1.29, 1.82) is 0 Å². The van der Waals surface area contributed by atoms with E-state index in [9.17, 15) is 9.90 Å². The Morgan fingerprint density at radius 1 is 1.00 bits per heavy atom. The second-order valence-corrected chi connectivity index (χ2v) is 4.67. The number of H-pyrrole nitrogens is 1. The highest BCUT2D eigenvalue weighted by molar-refractivity contribution is 6.30. The van der Waals surface area contributed by atoms with E-state index in [4.69, 9.17) is 11.6 Å². The van der Waals surface area contributed by atoms with E-state index in [0.717, 1.165) is 0 Å². The number of benzene rings is 2. The van der Waals surface area contributed by atoms with Gasteiger partial charge in [-0.15, -0.1) is 0 Å². The fourth-order valence-corrected chi connectivity index (χ4v) is 2.31. The molecule has 0 unspecified atom stereocenters. The van der Waals surface area contributed by atoms with Gasteiger partial charge in [0.1, 0.15) is 5.75 Å². The van der Waals surface area contributed by atoms with Crippen molar-refractivity contribution >= 4 is 22.4 Å². The first-order chi connectivity index (χ1) is 9.16. The van der Waals surface area contributed by atoms with E-state index in [1.165, 1.54) is 0 Å². The van der Waals surface area contributed by atoms with Gasteiger partial charge in [-0.3, -0.25) is 4.79 Å². The van der Waals surface area contributed by atoms with Crippen molar-refractivity contribution in [3.05, 3.63) is 63.9 Å². The Morgan fingerprint density at radius 2 is 1.74 bits per heavy atom. The molecule has 0 bridgehead atoms. The van der Waals surface area contributed by atoms with Crippen LogP contribution in [0.2, 0.25) is 5.02 Å². The smallest absolute Gasteiger partial charge is 0.256 e. The van der Waals surface area contributed by atoms with E-state index >= 15 is 0 Å². The number of halogens is 1. The van der Waals surface area contributed by atoms with Crippen molar-refractivity contribution in [3.63, 3.8) is 0 Å². The molecule has 3 nitrogen and oxygen atoms in total. The number of aromatic hydroxyl groups is 1. The van der Waals surface area contributed by atoms with Gasteiger partial charge in [-0.1, -0.05) is 41.9 Å². The lowest BCUT2D eigenvalue weighted by molar-refractivity contribution is 0.481. The monoisotopic (exact) mass is 271 g/mol. The zero-order chi connectivity index (χ0) is 13.4. The molecule has 0 saturated heterocycles. The average Bonchev–Trinajstić information content (AvgIpc) is 2.43. The van der Waals surface area contributed by atoms with Gasteiger partial charge in [-0.05, 0) is 18.2 Å². The van der Waals surface area contributed by atoms with Gasteiger partial charge in [0.05, 0.1) is 11.1 Å². The highest BCUT2D eigenvalue weighted by Gasteiger charge is 2.11. The summed E-state index contributed by atoms with van der Waals surface area (Å²) >= 11 is 5.93. The lowest BCUT2D eigenvalue weighted by atomic mass is 10.1. The van der Waals surface area contributed by atoms with Crippen LogP contribution in [0.25, 0.3) is 22.0 Å². The van der Waals surface area contributed by atoms with Crippen LogP contribution in [0, 0.1) is 0 Å². The molecule has 0 aliphatic rings. The van der Waals surface area contributed by atoms with Gasteiger partial charge in [0.25, 0.3) is 5.56 Å². The third kappa shape index (κ3) is 1.98. The number of aromatic nitrogens is 1. The molecule has 0 aliphatic heterocycles. The normalized spacial score (nSPS) is 10.8. The average molecular weight is 272 g/mol. The van der Waals surface area contributed by atoms with E-state index in [2.05, 4.69) is 4.98 Å². The molecule has 1 heterocycles. The molecular formula is C15H10ClNO2. The van der Waals surface area contributed by atoms with Gasteiger partial charge in [0, 0.05) is 16.0 Å². The van der Waals surface area contributed by atoms with E-state index in [1.807, 2.05) is 0 Å². The zero-order valence-electron chi connectivity index (χ0n) is 9.85. The van der Waals surface area contributed by atoms with Crippen LogP contribution in [0.3, 0.4) is 0 Å². The molecule has 0 atom stereocenters. The van der Waals surface area contributed by atoms with Crippen LogP contribution in [-0.4, -0.2) is 10.1 Å². The van der Waals surface area contributed by atoms with Gasteiger partial charge in [0.2, 0.25) is 0 Å². The van der Waals surface area contributed by atoms with Crippen LogP contribution in [-0.2, 0) is 0 Å². The Hall–Kier alpha value is -2.26. The van der Waals surface area contributed by atoms with Gasteiger partial charge in [-0.2, -0.15) is 0 Å². The summed E-state index contributed by atoms with van der Waals surface area (Å²) in [6.07, 6.45) is 0. The molecule has 0 radical (unpaired) electrons. The molecule has 0 spiro atoms.